The molecule has 6 heteroatoms. The fraction of sp³-hybridized carbons (Fsp3) is 0.579. The summed E-state index contributed by atoms with van der Waals surface area (Å²) in [5.41, 5.74) is 1.19. The topological polar surface area (TPSA) is 61.9 Å². The number of hydrogen-bond donors (Lipinski definition) is 1. The van der Waals surface area contributed by atoms with Gasteiger partial charge in [0.2, 0.25) is 0 Å². The summed E-state index contributed by atoms with van der Waals surface area (Å²) in [4.78, 5) is 28.7. The molecule has 1 fully saturated rings. The summed E-state index contributed by atoms with van der Waals surface area (Å²) in [5.74, 6) is 0.148. The number of ketones is 1. The lowest BCUT2D eigenvalue weighted by molar-refractivity contribution is 0.0147. The van der Waals surface area contributed by atoms with Crippen molar-refractivity contribution in [2.75, 3.05) is 31.6 Å². The van der Waals surface area contributed by atoms with E-state index in [0.29, 0.717) is 32.3 Å². The summed E-state index contributed by atoms with van der Waals surface area (Å²) in [6.07, 6.45) is 1.46. The molecule has 0 bridgehead atoms. The number of carbonyl (C=O) groups excluding carboxylic acids is 2. The second-order valence-corrected chi connectivity index (χ2v) is 7.75. The first-order valence-electron chi connectivity index (χ1n) is 8.91. The molecule has 1 amide bonds. The Balaban J connectivity index is 1.57. The Hall–Kier alpha value is -2.08. The number of carbonyl (C=O) groups is 2. The summed E-state index contributed by atoms with van der Waals surface area (Å²) < 4.78 is 5.44. The van der Waals surface area contributed by atoms with Crippen LogP contribution >= 0.6 is 0 Å². The van der Waals surface area contributed by atoms with Crippen LogP contribution in [0.2, 0.25) is 0 Å². The predicted octanol–water partition coefficient (Wildman–Crippen LogP) is 2.95. The third-order valence-electron chi connectivity index (χ3n) is 4.68. The van der Waals surface area contributed by atoms with Crippen molar-refractivity contribution in [2.24, 2.45) is 0 Å². The normalized spacial score (nSPS) is 19.8. The molecule has 0 aromatic heterocycles. The Bertz CT molecular complexity index is 646. The number of fused-ring (bicyclic) bond motifs is 1. The number of anilines is 1. The Morgan fingerprint density at radius 1 is 1.20 bits per heavy atom. The van der Waals surface area contributed by atoms with Crippen molar-refractivity contribution < 1.29 is 14.3 Å². The Labute approximate surface area is 149 Å². The number of ether oxygens (including phenoxy) is 1. The van der Waals surface area contributed by atoms with E-state index in [1.165, 1.54) is 0 Å². The molecule has 3 rings (SSSR count). The van der Waals surface area contributed by atoms with Crippen LogP contribution in [0, 0.1) is 0 Å². The minimum absolute atomic E-state index is 0.148. The third-order valence-corrected chi connectivity index (χ3v) is 4.68. The van der Waals surface area contributed by atoms with Crippen molar-refractivity contribution in [2.45, 2.75) is 45.3 Å². The average molecular weight is 345 g/mol. The fourth-order valence-electron chi connectivity index (χ4n) is 3.39. The Morgan fingerprint density at radius 3 is 2.56 bits per heavy atom. The molecule has 0 radical (unpaired) electrons. The molecule has 136 valence electrons. The van der Waals surface area contributed by atoms with Gasteiger partial charge in [-0.25, -0.2) is 4.79 Å². The average Bonchev–Trinajstić information content (AvgIpc) is 2.73. The van der Waals surface area contributed by atoms with Crippen molar-refractivity contribution in [3.8, 4) is 0 Å². The number of likely N-dealkylation sites (tertiary alicyclic amines) is 1. The van der Waals surface area contributed by atoms with E-state index in [-0.39, 0.29) is 11.9 Å². The van der Waals surface area contributed by atoms with Crippen LogP contribution in [-0.4, -0.2) is 59.6 Å². The van der Waals surface area contributed by atoms with Gasteiger partial charge in [-0.05, 0) is 45.7 Å². The molecule has 0 spiro atoms. The van der Waals surface area contributed by atoms with E-state index in [2.05, 4.69) is 10.2 Å². The van der Waals surface area contributed by atoms with Crippen LogP contribution in [0.25, 0.3) is 0 Å². The Kier molecular flexibility index (Phi) is 4.99. The summed E-state index contributed by atoms with van der Waals surface area (Å²) in [6.45, 7) is 8.03. The van der Waals surface area contributed by atoms with Gasteiger partial charge in [-0.15, -0.1) is 0 Å². The van der Waals surface area contributed by atoms with E-state index in [4.69, 9.17) is 4.74 Å². The molecule has 2 heterocycles. The van der Waals surface area contributed by atoms with Crippen LogP contribution in [0.3, 0.4) is 0 Å². The standard InChI is InChI=1S/C19H27N3O3/c1-19(2,3)25-18(24)21-10-8-14(9-11-21)22-12-17(23)15-6-4-5-7-16(15)20-13-22/h4-7,14,20H,8-13H2,1-3H3. The molecule has 1 aromatic rings. The molecule has 1 N–H and O–H groups in total. The summed E-state index contributed by atoms with van der Waals surface area (Å²) >= 11 is 0. The van der Waals surface area contributed by atoms with Crippen LogP contribution in [-0.2, 0) is 4.74 Å². The molecule has 0 atom stereocenters. The van der Waals surface area contributed by atoms with Crippen molar-refractivity contribution in [3.05, 3.63) is 29.8 Å². The zero-order valence-corrected chi connectivity index (χ0v) is 15.2. The van der Waals surface area contributed by atoms with Crippen molar-refractivity contribution >= 4 is 17.6 Å². The highest BCUT2D eigenvalue weighted by Gasteiger charge is 2.31. The van der Waals surface area contributed by atoms with E-state index < -0.39 is 5.60 Å². The predicted molar refractivity (Wildman–Crippen MR) is 96.8 cm³/mol. The molecule has 2 aliphatic rings. The highest BCUT2D eigenvalue weighted by Crippen LogP contribution is 2.24. The molecular formula is C19H27N3O3. The summed E-state index contributed by atoms with van der Waals surface area (Å²) in [5, 5.41) is 3.37. The highest BCUT2D eigenvalue weighted by atomic mass is 16.6. The smallest absolute Gasteiger partial charge is 0.410 e. The van der Waals surface area contributed by atoms with Gasteiger partial charge in [0.05, 0.1) is 13.2 Å². The van der Waals surface area contributed by atoms with Gasteiger partial charge >= 0.3 is 6.09 Å². The first-order chi connectivity index (χ1) is 11.8. The zero-order valence-electron chi connectivity index (χ0n) is 15.2. The number of para-hydroxylation sites is 1. The fourth-order valence-corrected chi connectivity index (χ4v) is 3.39. The number of nitrogens with one attached hydrogen (secondary N) is 1. The lowest BCUT2D eigenvalue weighted by atomic mass is 10.0. The summed E-state index contributed by atoms with van der Waals surface area (Å²) in [6, 6.07) is 7.95. The maximum atomic E-state index is 12.5. The van der Waals surface area contributed by atoms with Gasteiger partial charge in [0, 0.05) is 30.4 Å². The number of piperidine rings is 1. The van der Waals surface area contributed by atoms with Gasteiger partial charge < -0.3 is 15.0 Å². The third kappa shape index (κ3) is 4.31. The minimum Gasteiger partial charge on any atom is -0.444 e. The van der Waals surface area contributed by atoms with Crippen molar-refractivity contribution in [3.63, 3.8) is 0 Å². The second kappa shape index (κ2) is 7.04. The molecule has 25 heavy (non-hydrogen) atoms. The maximum Gasteiger partial charge on any atom is 0.410 e. The molecular weight excluding hydrogens is 318 g/mol. The van der Waals surface area contributed by atoms with Gasteiger partial charge in [0.25, 0.3) is 0 Å². The van der Waals surface area contributed by atoms with Crippen LogP contribution in [0.15, 0.2) is 24.3 Å². The number of benzene rings is 1. The molecule has 1 aromatic carbocycles. The molecule has 0 unspecified atom stereocenters. The van der Waals surface area contributed by atoms with Gasteiger partial charge in [-0.3, -0.25) is 9.69 Å². The van der Waals surface area contributed by atoms with Crippen molar-refractivity contribution in [1.82, 2.24) is 9.80 Å². The summed E-state index contributed by atoms with van der Waals surface area (Å²) in [7, 11) is 0. The van der Waals surface area contributed by atoms with E-state index in [9.17, 15) is 9.59 Å². The number of nitrogens with zero attached hydrogens (tertiary/aromatic N) is 2. The minimum atomic E-state index is -0.471. The van der Waals surface area contributed by atoms with Crippen LogP contribution in [0.4, 0.5) is 10.5 Å². The van der Waals surface area contributed by atoms with E-state index >= 15 is 0 Å². The van der Waals surface area contributed by atoms with E-state index in [1.807, 2.05) is 45.0 Å². The molecule has 6 nitrogen and oxygen atoms in total. The molecule has 2 aliphatic heterocycles. The maximum absolute atomic E-state index is 12.5. The first-order valence-corrected chi connectivity index (χ1v) is 8.91. The van der Waals surface area contributed by atoms with Crippen LogP contribution in [0.1, 0.15) is 44.0 Å². The van der Waals surface area contributed by atoms with Gasteiger partial charge in [-0.1, -0.05) is 12.1 Å². The zero-order chi connectivity index (χ0) is 18.0. The van der Waals surface area contributed by atoms with Crippen LogP contribution < -0.4 is 5.32 Å². The number of hydrogen-bond acceptors (Lipinski definition) is 5. The number of Topliss-reactive ketones (excluding diaryl/α,β-unsaturated/α-hetero) is 1. The van der Waals surface area contributed by atoms with Gasteiger partial charge in [0.15, 0.2) is 5.78 Å². The van der Waals surface area contributed by atoms with Crippen molar-refractivity contribution in [1.29, 1.82) is 0 Å². The SMILES string of the molecule is CC(C)(C)OC(=O)N1CCC(N2CNc3ccccc3C(=O)C2)CC1. The second-order valence-electron chi connectivity index (χ2n) is 7.75. The lowest BCUT2D eigenvalue weighted by Crippen LogP contribution is -2.49. The molecule has 0 saturated carbocycles. The molecule has 0 aliphatic carbocycles. The quantitative estimate of drug-likeness (QED) is 0.848. The van der Waals surface area contributed by atoms with Gasteiger partial charge in [-0.2, -0.15) is 0 Å². The van der Waals surface area contributed by atoms with E-state index in [1.54, 1.807) is 4.90 Å². The van der Waals surface area contributed by atoms with Crippen LogP contribution in [0.5, 0.6) is 0 Å². The monoisotopic (exact) mass is 345 g/mol. The molecule has 1 saturated heterocycles. The number of rotatable bonds is 1. The Morgan fingerprint density at radius 2 is 1.88 bits per heavy atom. The number of amides is 1. The van der Waals surface area contributed by atoms with E-state index in [0.717, 1.165) is 24.1 Å². The first kappa shape index (κ1) is 17.7. The van der Waals surface area contributed by atoms with Gasteiger partial charge in [0.1, 0.15) is 5.60 Å². The highest BCUT2D eigenvalue weighted by molar-refractivity contribution is 6.03. The lowest BCUT2D eigenvalue weighted by Gasteiger charge is -2.38. The largest absolute Gasteiger partial charge is 0.444 e.